The lowest BCUT2D eigenvalue weighted by molar-refractivity contribution is 0.0935. The normalized spacial score (nSPS) is 12.8. The highest BCUT2D eigenvalue weighted by Gasteiger charge is 2.26. The van der Waals surface area contributed by atoms with E-state index < -0.39 is 0 Å². The summed E-state index contributed by atoms with van der Waals surface area (Å²) in [6, 6.07) is 3.55. The van der Waals surface area contributed by atoms with E-state index in [-0.39, 0.29) is 11.5 Å². The van der Waals surface area contributed by atoms with Gasteiger partial charge in [-0.15, -0.1) is 0 Å². The molecular weight excluding hydrogens is 258 g/mol. The predicted octanol–water partition coefficient (Wildman–Crippen LogP) is 2.46. The largest absolute Gasteiger partial charge is 0.493 e. The maximum absolute atomic E-state index is 5.97. The summed E-state index contributed by atoms with van der Waals surface area (Å²) in [4.78, 5) is 0. The Bertz CT molecular complexity index is 415. The van der Waals surface area contributed by atoms with Gasteiger partial charge in [0, 0.05) is 24.1 Å². The first kappa shape index (κ1) is 16.4. The van der Waals surface area contributed by atoms with Gasteiger partial charge in [-0.1, -0.05) is 20.8 Å². The van der Waals surface area contributed by atoms with Gasteiger partial charge in [0.1, 0.15) is 11.9 Å². The van der Waals surface area contributed by atoms with Gasteiger partial charge in [-0.3, -0.25) is 0 Å². The fraction of sp³-hybridized carbons (Fsp3) is 0.600. The van der Waals surface area contributed by atoms with Gasteiger partial charge in [0.25, 0.3) is 0 Å². The fourth-order valence-electron chi connectivity index (χ4n) is 1.87. The molecule has 1 aromatic rings. The van der Waals surface area contributed by atoms with Crippen LogP contribution in [-0.4, -0.2) is 34.0 Å². The fourth-order valence-corrected chi connectivity index (χ4v) is 1.87. The van der Waals surface area contributed by atoms with E-state index in [1.165, 1.54) is 0 Å². The number of hydrogen-bond donors (Lipinski definition) is 1. The van der Waals surface area contributed by atoms with Gasteiger partial charge in [0.15, 0.2) is 11.5 Å². The third-order valence-corrected chi connectivity index (χ3v) is 3.10. The Balaban J connectivity index is 3.13. The lowest BCUT2D eigenvalue weighted by atomic mass is 9.89. The van der Waals surface area contributed by atoms with Crippen LogP contribution in [0.1, 0.15) is 20.8 Å². The standard InChI is InChI=1S/C15H25NO4/c1-15(2,3)13(9-16)20-10-7-11(17-4)14(19-6)12(8-10)18-5/h7-8,13H,9,16H2,1-6H3. The zero-order valence-electron chi connectivity index (χ0n) is 13.1. The van der Waals surface area contributed by atoms with E-state index in [9.17, 15) is 0 Å². The Morgan fingerprint density at radius 2 is 1.50 bits per heavy atom. The highest BCUT2D eigenvalue weighted by molar-refractivity contribution is 5.55. The Hall–Kier alpha value is -1.62. The van der Waals surface area contributed by atoms with Crippen LogP contribution in [0.4, 0.5) is 0 Å². The maximum atomic E-state index is 5.97. The number of rotatable bonds is 6. The van der Waals surface area contributed by atoms with Crippen molar-refractivity contribution in [2.24, 2.45) is 11.1 Å². The van der Waals surface area contributed by atoms with Gasteiger partial charge in [-0.25, -0.2) is 0 Å². The van der Waals surface area contributed by atoms with Crippen LogP contribution in [0.25, 0.3) is 0 Å². The second kappa shape index (κ2) is 6.70. The summed E-state index contributed by atoms with van der Waals surface area (Å²) >= 11 is 0. The zero-order valence-corrected chi connectivity index (χ0v) is 13.1. The molecule has 0 saturated carbocycles. The number of hydrogen-bond acceptors (Lipinski definition) is 5. The summed E-state index contributed by atoms with van der Waals surface area (Å²) in [5.74, 6) is 2.31. The zero-order chi connectivity index (χ0) is 15.3. The first-order chi connectivity index (χ1) is 9.37. The average Bonchev–Trinajstić information content (AvgIpc) is 2.41. The molecule has 1 aromatic carbocycles. The molecule has 0 aliphatic carbocycles. The molecule has 0 spiro atoms. The molecule has 0 saturated heterocycles. The Morgan fingerprint density at radius 1 is 1.00 bits per heavy atom. The molecule has 0 bridgehead atoms. The van der Waals surface area contributed by atoms with Gasteiger partial charge < -0.3 is 24.7 Å². The molecule has 0 amide bonds. The minimum Gasteiger partial charge on any atom is -0.493 e. The number of nitrogens with two attached hydrogens (primary N) is 1. The third-order valence-electron chi connectivity index (χ3n) is 3.10. The van der Waals surface area contributed by atoms with Crippen LogP contribution in [-0.2, 0) is 0 Å². The van der Waals surface area contributed by atoms with Crippen molar-refractivity contribution in [1.82, 2.24) is 0 Å². The van der Waals surface area contributed by atoms with Crippen molar-refractivity contribution in [2.45, 2.75) is 26.9 Å². The van der Waals surface area contributed by atoms with Crippen molar-refractivity contribution in [3.8, 4) is 23.0 Å². The van der Waals surface area contributed by atoms with Crippen LogP contribution in [0.15, 0.2) is 12.1 Å². The molecule has 0 heterocycles. The van der Waals surface area contributed by atoms with Crippen molar-refractivity contribution in [3.63, 3.8) is 0 Å². The lowest BCUT2D eigenvalue weighted by Gasteiger charge is -2.30. The summed E-state index contributed by atoms with van der Waals surface area (Å²) in [7, 11) is 4.72. The Labute approximate surface area is 121 Å². The summed E-state index contributed by atoms with van der Waals surface area (Å²) in [6.07, 6.45) is -0.106. The molecule has 0 fully saturated rings. The number of methoxy groups -OCH3 is 3. The van der Waals surface area contributed by atoms with Crippen LogP contribution in [0, 0.1) is 5.41 Å². The predicted molar refractivity (Wildman–Crippen MR) is 79.0 cm³/mol. The molecule has 0 radical (unpaired) electrons. The highest BCUT2D eigenvalue weighted by Crippen LogP contribution is 2.41. The van der Waals surface area contributed by atoms with E-state index >= 15 is 0 Å². The SMILES string of the molecule is COc1cc(OC(CN)C(C)(C)C)cc(OC)c1OC. The summed E-state index contributed by atoms with van der Waals surface area (Å²) in [6.45, 7) is 6.69. The van der Waals surface area contributed by atoms with Crippen molar-refractivity contribution in [1.29, 1.82) is 0 Å². The van der Waals surface area contributed by atoms with E-state index in [4.69, 9.17) is 24.7 Å². The molecule has 2 N–H and O–H groups in total. The molecule has 0 aliphatic heterocycles. The Morgan fingerprint density at radius 3 is 1.80 bits per heavy atom. The van der Waals surface area contributed by atoms with Crippen LogP contribution in [0.5, 0.6) is 23.0 Å². The van der Waals surface area contributed by atoms with E-state index in [0.29, 0.717) is 29.5 Å². The molecule has 0 aromatic heterocycles. The molecule has 0 aliphatic rings. The molecule has 5 nitrogen and oxygen atoms in total. The van der Waals surface area contributed by atoms with Crippen molar-refractivity contribution in [3.05, 3.63) is 12.1 Å². The van der Waals surface area contributed by atoms with Crippen LogP contribution < -0.4 is 24.7 Å². The topological polar surface area (TPSA) is 62.9 Å². The van der Waals surface area contributed by atoms with E-state index in [1.54, 1.807) is 33.5 Å². The second-order valence-corrected chi connectivity index (χ2v) is 5.57. The first-order valence-electron chi connectivity index (χ1n) is 6.54. The number of benzene rings is 1. The van der Waals surface area contributed by atoms with Gasteiger partial charge in [-0.2, -0.15) is 0 Å². The van der Waals surface area contributed by atoms with E-state index in [2.05, 4.69) is 20.8 Å². The number of ether oxygens (including phenoxy) is 4. The molecule has 114 valence electrons. The van der Waals surface area contributed by atoms with Crippen LogP contribution in [0.2, 0.25) is 0 Å². The van der Waals surface area contributed by atoms with Gasteiger partial charge >= 0.3 is 0 Å². The Kier molecular flexibility index (Phi) is 5.51. The smallest absolute Gasteiger partial charge is 0.203 e. The van der Waals surface area contributed by atoms with Gasteiger partial charge in [0.2, 0.25) is 5.75 Å². The third kappa shape index (κ3) is 3.70. The van der Waals surface area contributed by atoms with Gasteiger partial charge in [0.05, 0.1) is 21.3 Å². The molecule has 1 unspecified atom stereocenters. The molecule has 20 heavy (non-hydrogen) atoms. The van der Waals surface area contributed by atoms with Gasteiger partial charge in [-0.05, 0) is 0 Å². The lowest BCUT2D eigenvalue weighted by Crippen LogP contribution is -2.38. The summed E-state index contributed by atoms with van der Waals surface area (Å²) in [5, 5.41) is 0. The van der Waals surface area contributed by atoms with Crippen LogP contribution >= 0.6 is 0 Å². The average molecular weight is 283 g/mol. The minimum atomic E-state index is -0.106. The van der Waals surface area contributed by atoms with Crippen LogP contribution in [0.3, 0.4) is 0 Å². The van der Waals surface area contributed by atoms with E-state index in [0.717, 1.165) is 0 Å². The van der Waals surface area contributed by atoms with Crippen molar-refractivity contribution >= 4 is 0 Å². The molecular formula is C15H25NO4. The molecule has 1 atom stereocenters. The highest BCUT2D eigenvalue weighted by atomic mass is 16.5. The summed E-state index contributed by atoms with van der Waals surface area (Å²) < 4.78 is 21.9. The monoisotopic (exact) mass is 283 g/mol. The summed E-state index contributed by atoms with van der Waals surface area (Å²) in [5.41, 5.74) is 5.73. The minimum absolute atomic E-state index is 0.0604. The maximum Gasteiger partial charge on any atom is 0.203 e. The van der Waals surface area contributed by atoms with Crippen molar-refractivity contribution < 1.29 is 18.9 Å². The quantitative estimate of drug-likeness (QED) is 0.869. The second-order valence-electron chi connectivity index (χ2n) is 5.57. The first-order valence-corrected chi connectivity index (χ1v) is 6.54. The molecule has 1 rings (SSSR count). The van der Waals surface area contributed by atoms with Crippen molar-refractivity contribution in [2.75, 3.05) is 27.9 Å². The molecule has 5 heteroatoms. The van der Waals surface area contributed by atoms with E-state index in [1.807, 2.05) is 0 Å².